The van der Waals surface area contributed by atoms with Crippen LogP contribution in [0.15, 0.2) is 15.8 Å². The van der Waals surface area contributed by atoms with Gasteiger partial charge in [-0.25, -0.2) is 9.18 Å². The van der Waals surface area contributed by atoms with Gasteiger partial charge in [-0.1, -0.05) is 6.92 Å². The molecule has 1 aliphatic rings. The lowest BCUT2D eigenvalue weighted by Gasteiger charge is -2.29. The minimum atomic E-state index is -1.52. The summed E-state index contributed by atoms with van der Waals surface area (Å²) in [5.41, 5.74) is -2.03. The molecule has 2 rings (SSSR count). The van der Waals surface area contributed by atoms with Crippen molar-refractivity contribution in [3.05, 3.63) is 32.6 Å². The number of aromatic nitrogens is 2. The third-order valence-corrected chi connectivity index (χ3v) is 5.61. The van der Waals surface area contributed by atoms with Crippen LogP contribution in [0, 0.1) is 12.3 Å². The van der Waals surface area contributed by atoms with Crippen LogP contribution in [0.25, 0.3) is 0 Å². The Labute approximate surface area is 118 Å². The molecule has 20 heavy (non-hydrogen) atoms. The van der Waals surface area contributed by atoms with Crippen LogP contribution in [0.5, 0.6) is 0 Å². The molecular formula is C12H17FN2O4S. The number of aliphatic hydroxyl groups excluding tert-OH is 2. The predicted octanol–water partition coefficient (Wildman–Crippen LogP) is -0.212. The number of aliphatic hydroxyl groups is 2. The summed E-state index contributed by atoms with van der Waals surface area (Å²) in [5.74, 6) is 0. The Morgan fingerprint density at radius 3 is 2.65 bits per heavy atom. The van der Waals surface area contributed by atoms with E-state index in [9.17, 15) is 24.2 Å². The molecule has 0 spiro atoms. The van der Waals surface area contributed by atoms with Crippen LogP contribution in [0.1, 0.15) is 17.9 Å². The quantitative estimate of drug-likeness (QED) is 0.718. The summed E-state index contributed by atoms with van der Waals surface area (Å²) in [6.45, 7) is 2.33. The van der Waals surface area contributed by atoms with Crippen LogP contribution in [-0.2, 0) is 0 Å². The van der Waals surface area contributed by atoms with Crippen molar-refractivity contribution in [1.82, 2.24) is 9.55 Å². The Kier molecular flexibility index (Phi) is 4.08. The van der Waals surface area contributed by atoms with E-state index in [1.807, 2.05) is 0 Å². The number of halogens is 1. The van der Waals surface area contributed by atoms with Crippen LogP contribution < -0.4 is 11.2 Å². The highest BCUT2D eigenvalue weighted by Gasteiger charge is 2.54. The average Bonchev–Trinajstić information content (AvgIpc) is 2.67. The number of alkyl halides is 1. The molecule has 1 aromatic heterocycles. The van der Waals surface area contributed by atoms with E-state index < -0.39 is 40.1 Å². The summed E-state index contributed by atoms with van der Waals surface area (Å²) in [5, 5.41) is 17.4. The van der Waals surface area contributed by atoms with Gasteiger partial charge in [0.15, 0.2) is 0 Å². The van der Waals surface area contributed by atoms with Gasteiger partial charge in [0.1, 0.15) is 11.5 Å². The van der Waals surface area contributed by atoms with Crippen molar-refractivity contribution in [2.45, 2.75) is 30.6 Å². The first kappa shape index (κ1) is 15.3. The predicted molar refractivity (Wildman–Crippen MR) is 73.7 cm³/mol. The molecular weight excluding hydrogens is 287 g/mol. The van der Waals surface area contributed by atoms with Gasteiger partial charge < -0.3 is 10.2 Å². The number of thioether (sulfide) groups is 1. The third-order valence-electron chi connectivity index (χ3n) is 3.85. The van der Waals surface area contributed by atoms with Gasteiger partial charge in [-0.15, -0.1) is 11.8 Å². The summed E-state index contributed by atoms with van der Waals surface area (Å²) in [4.78, 5) is 25.3. The summed E-state index contributed by atoms with van der Waals surface area (Å²) < 4.78 is 15.7. The van der Waals surface area contributed by atoms with Gasteiger partial charge in [0.2, 0.25) is 0 Å². The maximum absolute atomic E-state index is 14.6. The summed E-state index contributed by atoms with van der Waals surface area (Å²) in [6.07, 6.45) is -0.208. The zero-order valence-electron chi connectivity index (χ0n) is 11.2. The minimum absolute atomic E-state index is 0.296. The van der Waals surface area contributed by atoms with Crippen LogP contribution in [0.3, 0.4) is 0 Å². The minimum Gasteiger partial charge on any atom is -0.396 e. The molecule has 112 valence electrons. The number of H-pyrrole nitrogens is 1. The Bertz CT molecular complexity index is 616. The number of nitrogens with zero attached hydrogens (tertiary/aromatic N) is 1. The van der Waals surface area contributed by atoms with Gasteiger partial charge in [-0.2, -0.15) is 0 Å². The zero-order valence-corrected chi connectivity index (χ0v) is 12.0. The molecule has 0 aromatic carbocycles. The molecule has 1 aliphatic heterocycles. The standard InChI is InChI=1S/C12H17FN2O4S/c1-6-3-15(11(19)14-9(6)18)10-8(13)12(2,5-17)7(4-16)20-10/h3,7-8,10,16-17H,4-5H2,1-2H3,(H,14,18,19)/t7-,8-,10-,12+/m0/s1. The number of rotatable bonds is 3. The Morgan fingerprint density at radius 1 is 1.50 bits per heavy atom. The van der Waals surface area contributed by atoms with Crippen LogP contribution in [-0.4, -0.2) is 44.4 Å². The van der Waals surface area contributed by atoms with E-state index in [1.165, 1.54) is 20.0 Å². The molecule has 8 heteroatoms. The summed E-state index contributed by atoms with van der Waals surface area (Å²) >= 11 is 1.09. The maximum Gasteiger partial charge on any atom is 0.329 e. The van der Waals surface area contributed by atoms with Gasteiger partial charge in [-0.05, 0) is 6.92 Å². The topological polar surface area (TPSA) is 95.3 Å². The molecule has 1 fully saturated rings. The normalized spacial score (nSPS) is 33.5. The molecule has 0 aliphatic carbocycles. The second kappa shape index (κ2) is 5.34. The molecule has 6 nitrogen and oxygen atoms in total. The molecule has 1 saturated heterocycles. The average molecular weight is 304 g/mol. The molecule has 2 heterocycles. The molecule has 1 aromatic rings. The van der Waals surface area contributed by atoms with Crippen LogP contribution in [0.2, 0.25) is 0 Å². The molecule has 0 unspecified atom stereocenters. The van der Waals surface area contributed by atoms with Crippen molar-refractivity contribution in [1.29, 1.82) is 0 Å². The van der Waals surface area contributed by atoms with Crippen molar-refractivity contribution < 1.29 is 14.6 Å². The van der Waals surface area contributed by atoms with Crippen molar-refractivity contribution in [2.24, 2.45) is 5.41 Å². The van der Waals surface area contributed by atoms with E-state index in [2.05, 4.69) is 4.98 Å². The summed E-state index contributed by atoms with van der Waals surface area (Å²) in [7, 11) is 0. The number of nitrogens with one attached hydrogen (secondary N) is 1. The fraction of sp³-hybridized carbons (Fsp3) is 0.667. The van der Waals surface area contributed by atoms with Gasteiger partial charge in [-0.3, -0.25) is 14.3 Å². The van der Waals surface area contributed by atoms with Crippen LogP contribution >= 0.6 is 11.8 Å². The Morgan fingerprint density at radius 2 is 2.15 bits per heavy atom. The van der Waals surface area contributed by atoms with Crippen molar-refractivity contribution in [3.63, 3.8) is 0 Å². The number of hydrogen-bond donors (Lipinski definition) is 3. The molecule has 0 saturated carbocycles. The SMILES string of the molecule is Cc1cn([C@H]2S[C@@H](CO)[C@@](C)(CO)[C@H]2F)c(=O)[nH]c1=O. The van der Waals surface area contributed by atoms with E-state index in [-0.39, 0.29) is 6.61 Å². The van der Waals surface area contributed by atoms with Gasteiger partial charge in [0, 0.05) is 22.4 Å². The largest absolute Gasteiger partial charge is 0.396 e. The van der Waals surface area contributed by atoms with Crippen LogP contribution in [0.4, 0.5) is 4.39 Å². The zero-order chi connectivity index (χ0) is 15.1. The fourth-order valence-electron chi connectivity index (χ4n) is 2.32. The lowest BCUT2D eigenvalue weighted by molar-refractivity contribution is 0.0372. The second-order valence-corrected chi connectivity index (χ2v) is 6.57. The highest BCUT2D eigenvalue weighted by atomic mass is 32.2. The third kappa shape index (κ3) is 2.21. The van der Waals surface area contributed by atoms with Gasteiger partial charge >= 0.3 is 5.69 Å². The number of aryl methyl sites for hydroxylation is 1. The van der Waals surface area contributed by atoms with Gasteiger partial charge in [0.05, 0.1) is 13.2 Å². The van der Waals surface area contributed by atoms with Gasteiger partial charge in [0.25, 0.3) is 5.56 Å². The number of hydrogen-bond acceptors (Lipinski definition) is 5. The first-order valence-electron chi connectivity index (χ1n) is 6.18. The Hall–Kier alpha value is -1.12. The van der Waals surface area contributed by atoms with E-state index in [0.29, 0.717) is 5.56 Å². The fourth-order valence-corrected chi connectivity index (χ4v) is 3.99. The maximum atomic E-state index is 14.6. The first-order chi connectivity index (χ1) is 9.35. The lowest BCUT2D eigenvalue weighted by atomic mass is 9.82. The molecule has 0 amide bonds. The highest BCUT2D eigenvalue weighted by Crippen LogP contribution is 2.53. The first-order valence-corrected chi connectivity index (χ1v) is 7.12. The number of aromatic amines is 1. The molecule has 0 bridgehead atoms. The van der Waals surface area contributed by atoms with E-state index in [0.717, 1.165) is 16.3 Å². The van der Waals surface area contributed by atoms with Crippen molar-refractivity contribution >= 4 is 11.8 Å². The molecule has 4 atom stereocenters. The van der Waals surface area contributed by atoms with E-state index in [1.54, 1.807) is 0 Å². The van der Waals surface area contributed by atoms with E-state index >= 15 is 0 Å². The monoisotopic (exact) mass is 304 g/mol. The lowest BCUT2D eigenvalue weighted by Crippen LogP contribution is -2.41. The Balaban J connectivity index is 2.48. The highest BCUT2D eigenvalue weighted by molar-refractivity contribution is 8.00. The summed E-state index contributed by atoms with van der Waals surface area (Å²) in [6, 6.07) is 0. The van der Waals surface area contributed by atoms with E-state index in [4.69, 9.17) is 0 Å². The van der Waals surface area contributed by atoms with Crippen molar-refractivity contribution in [2.75, 3.05) is 13.2 Å². The molecule has 3 N–H and O–H groups in total. The second-order valence-electron chi connectivity index (χ2n) is 5.24. The van der Waals surface area contributed by atoms with Crippen molar-refractivity contribution in [3.8, 4) is 0 Å². The smallest absolute Gasteiger partial charge is 0.329 e. The molecule has 0 radical (unpaired) electrons.